The molecule has 12 heteroatoms. The first-order chi connectivity index (χ1) is 22.1. The highest BCUT2D eigenvalue weighted by Crippen LogP contribution is 2.47. The van der Waals surface area contributed by atoms with Crippen LogP contribution in [0, 0.1) is 17.0 Å². The molecule has 2 aromatic carbocycles. The number of carbonyl (C=O) groups excluding carboxylic acids is 4. The van der Waals surface area contributed by atoms with E-state index in [1.54, 1.807) is 52.9 Å². The van der Waals surface area contributed by atoms with E-state index in [0.717, 1.165) is 34.9 Å². The summed E-state index contributed by atoms with van der Waals surface area (Å²) in [4.78, 5) is 58.9. The zero-order valence-electron chi connectivity index (χ0n) is 26.9. The molecule has 1 aliphatic carbocycles. The Morgan fingerprint density at radius 2 is 1.74 bits per heavy atom. The minimum absolute atomic E-state index is 0.0769. The molecular formula is C35H37F2N5O5. The summed E-state index contributed by atoms with van der Waals surface area (Å²) in [6.07, 6.45) is 1.92. The topological polar surface area (TPSA) is 130 Å². The van der Waals surface area contributed by atoms with Gasteiger partial charge in [-0.25, -0.2) is 18.6 Å². The number of ether oxygens (including phenoxy) is 1. The van der Waals surface area contributed by atoms with Crippen LogP contribution in [0.5, 0.6) is 0 Å². The molecule has 4 amide bonds. The lowest BCUT2D eigenvalue weighted by Crippen LogP contribution is -2.61. The van der Waals surface area contributed by atoms with E-state index in [4.69, 9.17) is 4.74 Å². The van der Waals surface area contributed by atoms with Crippen molar-refractivity contribution in [3.05, 3.63) is 88.6 Å². The van der Waals surface area contributed by atoms with Crippen molar-refractivity contribution in [1.29, 1.82) is 0 Å². The van der Waals surface area contributed by atoms with Gasteiger partial charge in [0.1, 0.15) is 29.6 Å². The third-order valence-electron chi connectivity index (χ3n) is 9.26. The molecule has 10 nitrogen and oxygen atoms in total. The van der Waals surface area contributed by atoms with E-state index < -0.39 is 64.6 Å². The van der Waals surface area contributed by atoms with E-state index in [1.165, 1.54) is 4.90 Å². The van der Waals surface area contributed by atoms with Crippen molar-refractivity contribution in [2.75, 3.05) is 17.2 Å². The largest absolute Gasteiger partial charge is 0.444 e. The summed E-state index contributed by atoms with van der Waals surface area (Å²) >= 11 is 0. The Morgan fingerprint density at radius 1 is 1.04 bits per heavy atom. The molecule has 3 aromatic rings. The number of nitrogens with zero attached hydrogens (tertiary/aromatic N) is 2. The smallest absolute Gasteiger partial charge is 0.407 e. The Kier molecular flexibility index (Phi) is 7.80. The molecule has 0 saturated carbocycles. The molecule has 6 rings (SSSR count). The molecule has 3 atom stereocenters. The Balaban J connectivity index is 1.23. The van der Waals surface area contributed by atoms with Crippen molar-refractivity contribution < 1.29 is 32.7 Å². The van der Waals surface area contributed by atoms with Crippen molar-refractivity contribution in [2.24, 2.45) is 5.41 Å². The maximum absolute atomic E-state index is 14.4. The van der Waals surface area contributed by atoms with Crippen molar-refractivity contribution >= 4 is 35.3 Å². The van der Waals surface area contributed by atoms with Gasteiger partial charge >= 0.3 is 6.09 Å². The quantitative estimate of drug-likeness (QED) is 0.351. The third-order valence-corrected chi connectivity index (χ3v) is 9.26. The highest BCUT2D eigenvalue weighted by molar-refractivity contribution is 6.06. The molecule has 3 aliphatic rings. The number of carbonyl (C=O) groups is 4. The number of piperidine rings is 1. The van der Waals surface area contributed by atoms with E-state index in [1.807, 2.05) is 18.2 Å². The van der Waals surface area contributed by atoms with E-state index in [9.17, 15) is 28.0 Å². The van der Waals surface area contributed by atoms with Gasteiger partial charge in [-0.05, 0) is 101 Å². The van der Waals surface area contributed by atoms with Gasteiger partial charge in [-0.1, -0.05) is 12.1 Å². The molecule has 1 spiro atoms. The number of hydrogen-bond donors (Lipinski definition) is 3. The fourth-order valence-corrected chi connectivity index (χ4v) is 6.96. The number of amides is 4. The van der Waals surface area contributed by atoms with Crippen LogP contribution in [0.3, 0.4) is 0 Å². The average Bonchev–Trinajstić information content (AvgIpc) is 3.48. The van der Waals surface area contributed by atoms with Crippen LogP contribution in [0.1, 0.15) is 69.3 Å². The summed E-state index contributed by atoms with van der Waals surface area (Å²) in [6.45, 7) is 8.02. The number of alkyl carbamates (subject to hydrolysis) is 1. The second-order valence-corrected chi connectivity index (χ2v) is 14.1. The maximum Gasteiger partial charge on any atom is 0.407 e. The van der Waals surface area contributed by atoms with E-state index in [0.29, 0.717) is 24.3 Å². The highest BCUT2D eigenvalue weighted by Gasteiger charge is 2.52. The Hall–Kier alpha value is -4.87. The van der Waals surface area contributed by atoms with Gasteiger partial charge in [-0.15, -0.1) is 0 Å². The number of aromatic nitrogens is 1. The summed E-state index contributed by atoms with van der Waals surface area (Å²) in [6, 6.07) is 10.4. The van der Waals surface area contributed by atoms with Gasteiger partial charge in [0.25, 0.3) is 0 Å². The lowest BCUT2D eigenvalue weighted by molar-refractivity contribution is -0.152. The van der Waals surface area contributed by atoms with Crippen molar-refractivity contribution in [1.82, 2.24) is 15.2 Å². The molecule has 47 heavy (non-hydrogen) atoms. The molecule has 1 fully saturated rings. The lowest BCUT2D eigenvalue weighted by Gasteiger charge is -2.47. The van der Waals surface area contributed by atoms with Gasteiger partial charge < -0.3 is 25.6 Å². The summed E-state index contributed by atoms with van der Waals surface area (Å²) in [7, 11) is 0. The standard InChI is InChI=1S/C35H37F2N5O5/c1-33(2,3)47-32(46)40-27-15-26(20-11-22(36)14-23(37)12-20)42(31(45)34(27,4)5)18-28(43)39-24-9-8-19-16-35(17-21(19)13-24)25-7-6-10-38-29(25)41-30(35)44/h6-14,26-27H,15-18H2,1-5H3,(H,39,43)(H,40,46)(H,38,41,44)/t26-,27+,35+/m0/s1. The monoisotopic (exact) mass is 645 g/mol. The fraction of sp³-hybridized carbons (Fsp3) is 0.400. The van der Waals surface area contributed by atoms with Gasteiger partial charge in [0.2, 0.25) is 17.7 Å². The second-order valence-electron chi connectivity index (χ2n) is 14.1. The molecule has 0 bridgehead atoms. The Labute approximate surface area is 271 Å². The molecule has 1 aromatic heterocycles. The number of rotatable bonds is 5. The normalized spacial score (nSPS) is 22.8. The maximum atomic E-state index is 14.4. The van der Waals surface area contributed by atoms with Crippen LogP contribution >= 0.6 is 0 Å². The zero-order valence-corrected chi connectivity index (χ0v) is 26.9. The van der Waals surface area contributed by atoms with Gasteiger partial charge in [0.15, 0.2) is 0 Å². The molecule has 0 unspecified atom stereocenters. The molecule has 0 radical (unpaired) electrons. The second kappa shape index (κ2) is 11.4. The van der Waals surface area contributed by atoms with E-state index >= 15 is 0 Å². The minimum atomic E-state index is -1.19. The first-order valence-electron chi connectivity index (χ1n) is 15.5. The van der Waals surface area contributed by atoms with Crippen LogP contribution in [0.2, 0.25) is 0 Å². The summed E-state index contributed by atoms with van der Waals surface area (Å²) in [5.74, 6) is -2.21. The Morgan fingerprint density at radius 3 is 2.45 bits per heavy atom. The number of likely N-dealkylation sites (tertiary alicyclic amines) is 1. The van der Waals surface area contributed by atoms with Crippen molar-refractivity contribution in [2.45, 2.75) is 77.0 Å². The molecule has 3 heterocycles. The highest BCUT2D eigenvalue weighted by atomic mass is 19.1. The number of benzene rings is 2. The number of halogens is 2. The van der Waals surface area contributed by atoms with E-state index in [-0.39, 0.29) is 17.9 Å². The molecule has 246 valence electrons. The molecule has 3 N–H and O–H groups in total. The van der Waals surface area contributed by atoms with Gasteiger partial charge in [-0.2, -0.15) is 0 Å². The average molecular weight is 646 g/mol. The number of fused-ring (bicyclic) bond motifs is 3. The SMILES string of the molecule is CC(C)(C)OC(=O)N[C@@H]1C[C@@H](c2cc(F)cc(F)c2)N(CC(=O)Nc2ccc3c(c2)C[C@@]2(C3)C(=O)Nc3ncccc32)C(=O)C1(C)C. The predicted octanol–water partition coefficient (Wildman–Crippen LogP) is 5.18. The van der Waals surface area contributed by atoms with Crippen LogP contribution in [0.15, 0.2) is 54.7 Å². The van der Waals surface area contributed by atoms with Crippen molar-refractivity contribution in [3.63, 3.8) is 0 Å². The summed E-state index contributed by atoms with van der Waals surface area (Å²) < 4.78 is 34.2. The van der Waals surface area contributed by atoms with Gasteiger partial charge in [0.05, 0.1) is 16.9 Å². The first kappa shape index (κ1) is 32.1. The van der Waals surface area contributed by atoms with E-state index in [2.05, 4.69) is 20.9 Å². The zero-order chi connectivity index (χ0) is 33.9. The summed E-state index contributed by atoms with van der Waals surface area (Å²) in [5.41, 5.74) is 0.642. The predicted molar refractivity (Wildman–Crippen MR) is 169 cm³/mol. The fourth-order valence-electron chi connectivity index (χ4n) is 6.96. The number of pyridine rings is 1. The lowest BCUT2D eigenvalue weighted by atomic mass is 9.74. The number of nitrogens with one attached hydrogen (secondary N) is 3. The van der Waals surface area contributed by atoms with Crippen LogP contribution in [-0.2, 0) is 37.4 Å². The minimum Gasteiger partial charge on any atom is -0.444 e. The first-order valence-corrected chi connectivity index (χ1v) is 15.5. The molecule has 2 aliphatic heterocycles. The van der Waals surface area contributed by atoms with Crippen LogP contribution < -0.4 is 16.0 Å². The van der Waals surface area contributed by atoms with Gasteiger partial charge in [-0.3, -0.25) is 14.4 Å². The number of anilines is 2. The van der Waals surface area contributed by atoms with Gasteiger partial charge in [0, 0.05) is 29.6 Å². The van der Waals surface area contributed by atoms with Crippen LogP contribution in [0.4, 0.5) is 25.1 Å². The third kappa shape index (κ3) is 6.04. The molecule has 1 saturated heterocycles. The molecular weight excluding hydrogens is 608 g/mol. The Bertz CT molecular complexity index is 1780. The van der Waals surface area contributed by atoms with Crippen LogP contribution in [-0.4, -0.2) is 51.9 Å². The van der Waals surface area contributed by atoms with Crippen molar-refractivity contribution in [3.8, 4) is 0 Å². The van der Waals surface area contributed by atoms with Crippen LogP contribution in [0.25, 0.3) is 0 Å². The summed E-state index contributed by atoms with van der Waals surface area (Å²) in [5, 5.41) is 8.50. The number of hydrogen-bond acceptors (Lipinski definition) is 6.